The molecule has 1 fully saturated rings. The second-order valence-electron chi connectivity index (χ2n) is 5.72. The molecule has 0 spiro atoms. The molecular weight excluding hydrogens is 312 g/mol. The summed E-state index contributed by atoms with van der Waals surface area (Å²) in [5.74, 6) is 1.22. The Balaban J connectivity index is 1.42. The highest BCUT2D eigenvalue weighted by Gasteiger charge is 2.53. The minimum Gasteiger partial charge on any atom is -0.461 e. The Bertz CT molecular complexity index is 786. The minimum atomic E-state index is -0.524. The SMILES string of the molecule is O=C(NCCc1cccs1)C1(c2cc(-c3ccco3)on2)CC1. The van der Waals surface area contributed by atoms with Crippen LogP contribution in [-0.2, 0) is 16.6 Å². The number of furan rings is 1. The van der Waals surface area contributed by atoms with Gasteiger partial charge in [0.25, 0.3) is 0 Å². The van der Waals surface area contributed by atoms with Crippen molar-refractivity contribution in [2.45, 2.75) is 24.7 Å². The molecule has 23 heavy (non-hydrogen) atoms. The fraction of sp³-hybridized carbons (Fsp3) is 0.294. The van der Waals surface area contributed by atoms with E-state index in [-0.39, 0.29) is 5.91 Å². The Hall–Kier alpha value is -2.34. The monoisotopic (exact) mass is 328 g/mol. The molecule has 0 aliphatic heterocycles. The molecule has 1 aliphatic rings. The Kier molecular flexibility index (Phi) is 3.53. The first-order valence-corrected chi connectivity index (χ1v) is 8.48. The van der Waals surface area contributed by atoms with Crippen LogP contribution in [0.5, 0.6) is 0 Å². The fourth-order valence-electron chi connectivity index (χ4n) is 2.68. The highest BCUT2D eigenvalue weighted by atomic mass is 32.1. The highest BCUT2D eigenvalue weighted by Crippen LogP contribution is 2.48. The first-order chi connectivity index (χ1) is 11.3. The summed E-state index contributed by atoms with van der Waals surface area (Å²) in [6.07, 6.45) is 4.06. The van der Waals surface area contributed by atoms with Gasteiger partial charge in [0.1, 0.15) is 0 Å². The van der Waals surface area contributed by atoms with E-state index in [4.69, 9.17) is 8.94 Å². The first kappa shape index (κ1) is 14.3. The molecule has 6 heteroatoms. The minimum absolute atomic E-state index is 0.0355. The molecule has 5 nitrogen and oxygen atoms in total. The number of rotatable bonds is 6. The largest absolute Gasteiger partial charge is 0.461 e. The van der Waals surface area contributed by atoms with Crippen molar-refractivity contribution in [1.29, 1.82) is 0 Å². The zero-order chi connectivity index (χ0) is 15.7. The van der Waals surface area contributed by atoms with Crippen molar-refractivity contribution in [2.24, 2.45) is 0 Å². The number of nitrogens with one attached hydrogen (secondary N) is 1. The van der Waals surface area contributed by atoms with Crippen LogP contribution in [0.15, 0.2) is 50.9 Å². The van der Waals surface area contributed by atoms with Crippen LogP contribution in [0.2, 0.25) is 0 Å². The normalized spacial score (nSPS) is 15.5. The van der Waals surface area contributed by atoms with E-state index >= 15 is 0 Å². The molecule has 0 saturated heterocycles. The molecule has 0 atom stereocenters. The third-order valence-electron chi connectivity index (χ3n) is 4.19. The maximum absolute atomic E-state index is 12.5. The van der Waals surface area contributed by atoms with Crippen molar-refractivity contribution in [2.75, 3.05) is 6.54 Å². The fourth-order valence-corrected chi connectivity index (χ4v) is 3.39. The number of thiophene rings is 1. The highest BCUT2D eigenvalue weighted by molar-refractivity contribution is 7.09. The summed E-state index contributed by atoms with van der Waals surface area (Å²) >= 11 is 1.71. The molecule has 1 aliphatic carbocycles. The van der Waals surface area contributed by atoms with Crippen LogP contribution in [-0.4, -0.2) is 17.6 Å². The zero-order valence-corrected chi connectivity index (χ0v) is 13.3. The standard InChI is InChI=1S/C17H16N2O3S/c20-16(18-8-5-12-3-2-10-23-12)17(6-7-17)15-11-14(22-19-15)13-4-1-9-21-13/h1-4,9-11H,5-8H2,(H,18,20). The topological polar surface area (TPSA) is 68.3 Å². The van der Waals surface area contributed by atoms with Gasteiger partial charge in [-0.25, -0.2) is 0 Å². The van der Waals surface area contributed by atoms with E-state index < -0.39 is 5.41 Å². The second kappa shape index (κ2) is 5.70. The van der Waals surface area contributed by atoms with Crippen LogP contribution in [0.3, 0.4) is 0 Å². The lowest BCUT2D eigenvalue weighted by Crippen LogP contribution is -2.36. The zero-order valence-electron chi connectivity index (χ0n) is 12.5. The molecule has 0 radical (unpaired) electrons. The molecule has 0 unspecified atom stereocenters. The van der Waals surface area contributed by atoms with Gasteiger partial charge in [0.05, 0.1) is 17.4 Å². The van der Waals surface area contributed by atoms with Gasteiger partial charge in [-0.15, -0.1) is 11.3 Å². The van der Waals surface area contributed by atoms with E-state index in [0.29, 0.717) is 23.8 Å². The van der Waals surface area contributed by atoms with Crippen molar-refractivity contribution in [3.8, 4) is 11.5 Å². The molecular formula is C17H16N2O3S. The maximum Gasteiger partial charge on any atom is 0.232 e. The number of carbonyl (C=O) groups excluding carboxylic acids is 1. The van der Waals surface area contributed by atoms with Crippen LogP contribution >= 0.6 is 11.3 Å². The molecule has 3 heterocycles. The van der Waals surface area contributed by atoms with Crippen molar-refractivity contribution < 1.29 is 13.7 Å². The van der Waals surface area contributed by atoms with Gasteiger partial charge in [0.2, 0.25) is 11.7 Å². The van der Waals surface area contributed by atoms with E-state index in [0.717, 1.165) is 19.3 Å². The van der Waals surface area contributed by atoms with Gasteiger partial charge in [0.15, 0.2) is 5.76 Å². The lowest BCUT2D eigenvalue weighted by atomic mass is 10.0. The van der Waals surface area contributed by atoms with Crippen LogP contribution in [0.25, 0.3) is 11.5 Å². The number of aromatic nitrogens is 1. The average molecular weight is 328 g/mol. The summed E-state index contributed by atoms with van der Waals surface area (Å²) < 4.78 is 10.6. The van der Waals surface area contributed by atoms with E-state index in [2.05, 4.69) is 16.5 Å². The van der Waals surface area contributed by atoms with Crippen LogP contribution in [0.4, 0.5) is 0 Å². The average Bonchev–Trinajstić information content (AvgIpc) is 3.04. The van der Waals surface area contributed by atoms with Gasteiger partial charge in [-0.05, 0) is 42.8 Å². The van der Waals surface area contributed by atoms with E-state index in [1.54, 1.807) is 23.7 Å². The summed E-state index contributed by atoms with van der Waals surface area (Å²) in [6, 6.07) is 9.52. The smallest absolute Gasteiger partial charge is 0.232 e. The second-order valence-corrected chi connectivity index (χ2v) is 6.75. The molecule has 3 aromatic rings. The van der Waals surface area contributed by atoms with E-state index in [1.165, 1.54) is 4.88 Å². The Labute approximate surface area is 137 Å². The molecule has 118 valence electrons. The molecule has 1 amide bonds. The van der Waals surface area contributed by atoms with Crippen molar-refractivity contribution >= 4 is 17.2 Å². The lowest BCUT2D eigenvalue weighted by Gasteiger charge is -2.11. The lowest BCUT2D eigenvalue weighted by molar-refractivity contribution is -0.123. The summed E-state index contributed by atoms with van der Waals surface area (Å²) in [5.41, 5.74) is 0.168. The van der Waals surface area contributed by atoms with Gasteiger partial charge in [0, 0.05) is 17.5 Å². The molecule has 4 rings (SSSR count). The Morgan fingerprint density at radius 1 is 1.30 bits per heavy atom. The third kappa shape index (κ3) is 2.70. The Morgan fingerprint density at radius 2 is 2.22 bits per heavy atom. The van der Waals surface area contributed by atoms with E-state index in [1.807, 2.05) is 23.6 Å². The first-order valence-electron chi connectivity index (χ1n) is 7.60. The van der Waals surface area contributed by atoms with Gasteiger partial charge >= 0.3 is 0 Å². The van der Waals surface area contributed by atoms with Crippen LogP contribution in [0, 0.1) is 0 Å². The predicted molar refractivity (Wildman–Crippen MR) is 86.1 cm³/mol. The van der Waals surface area contributed by atoms with Gasteiger partial charge in [-0.2, -0.15) is 0 Å². The molecule has 3 aromatic heterocycles. The van der Waals surface area contributed by atoms with Gasteiger partial charge in [-0.1, -0.05) is 11.2 Å². The number of hydrogen-bond acceptors (Lipinski definition) is 5. The Morgan fingerprint density at radius 3 is 2.91 bits per heavy atom. The predicted octanol–water partition coefficient (Wildman–Crippen LogP) is 3.39. The maximum atomic E-state index is 12.5. The molecule has 1 saturated carbocycles. The van der Waals surface area contributed by atoms with E-state index in [9.17, 15) is 4.79 Å². The third-order valence-corrected chi connectivity index (χ3v) is 5.12. The van der Waals surface area contributed by atoms with Gasteiger partial charge < -0.3 is 14.3 Å². The molecule has 1 N–H and O–H groups in total. The number of amides is 1. The van der Waals surface area contributed by atoms with Crippen LogP contribution in [0.1, 0.15) is 23.4 Å². The number of nitrogens with zero attached hydrogens (tertiary/aromatic N) is 1. The summed E-state index contributed by atoms with van der Waals surface area (Å²) in [4.78, 5) is 13.8. The van der Waals surface area contributed by atoms with Crippen molar-refractivity contribution in [3.63, 3.8) is 0 Å². The number of hydrogen-bond donors (Lipinski definition) is 1. The summed E-state index contributed by atoms with van der Waals surface area (Å²) in [5, 5.41) is 9.17. The molecule has 0 aromatic carbocycles. The van der Waals surface area contributed by atoms with Crippen molar-refractivity contribution in [1.82, 2.24) is 10.5 Å². The summed E-state index contributed by atoms with van der Waals surface area (Å²) in [7, 11) is 0. The molecule has 0 bridgehead atoms. The van der Waals surface area contributed by atoms with Gasteiger partial charge in [-0.3, -0.25) is 4.79 Å². The summed E-state index contributed by atoms with van der Waals surface area (Å²) in [6.45, 7) is 0.643. The quantitative estimate of drug-likeness (QED) is 0.753. The number of carbonyl (C=O) groups is 1. The van der Waals surface area contributed by atoms with Crippen LogP contribution < -0.4 is 5.32 Å². The van der Waals surface area contributed by atoms with Crippen molar-refractivity contribution in [3.05, 3.63) is 52.5 Å².